The van der Waals surface area contributed by atoms with Crippen molar-refractivity contribution in [1.82, 2.24) is 0 Å². The molecule has 0 atom stereocenters. The molecule has 8 heteroatoms. The molecule has 1 N–H and O–H groups in total. The first-order valence-corrected chi connectivity index (χ1v) is 9.44. The monoisotopic (exact) mass is 421 g/mol. The summed E-state index contributed by atoms with van der Waals surface area (Å²) in [5.74, 6) is -1.61. The number of rotatable bonds is 9. The molecule has 0 fully saturated rings. The second-order valence-electron chi connectivity index (χ2n) is 6.65. The first-order chi connectivity index (χ1) is 14.2. The van der Waals surface area contributed by atoms with Crippen LogP contribution in [0.2, 0.25) is 0 Å². The SMILES string of the molecule is CCCc1ccc(C(=O)CCC(=O)OCC(=O)Nc2ccc(C(F)(F)F)cc2)cc1. The standard InChI is InChI=1S/C22H22F3NO4/c1-2-3-15-4-6-16(7-5-15)19(27)12-13-21(29)30-14-20(28)26-18-10-8-17(9-11-18)22(23,24)25/h4-11H,2-3,12-14H2,1H3,(H,26,28). The van der Waals surface area contributed by atoms with Gasteiger partial charge in [-0.05, 0) is 36.2 Å². The molecule has 0 aliphatic carbocycles. The number of hydrogen-bond donors (Lipinski definition) is 1. The number of amides is 1. The first kappa shape index (κ1) is 23.1. The number of esters is 1. The van der Waals surface area contributed by atoms with E-state index in [1.54, 1.807) is 12.1 Å². The van der Waals surface area contributed by atoms with E-state index in [1.807, 2.05) is 12.1 Å². The van der Waals surface area contributed by atoms with Gasteiger partial charge in [-0.15, -0.1) is 0 Å². The minimum absolute atomic E-state index is 0.0491. The molecule has 0 unspecified atom stereocenters. The smallest absolute Gasteiger partial charge is 0.416 e. The Hall–Kier alpha value is -3.16. The summed E-state index contributed by atoms with van der Waals surface area (Å²) in [5.41, 5.74) is 0.942. The second kappa shape index (κ2) is 10.6. The summed E-state index contributed by atoms with van der Waals surface area (Å²) >= 11 is 0. The molecule has 2 aromatic rings. The van der Waals surface area contributed by atoms with Crippen LogP contribution < -0.4 is 5.32 Å². The van der Waals surface area contributed by atoms with Gasteiger partial charge in [-0.3, -0.25) is 14.4 Å². The molecule has 0 bridgehead atoms. The van der Waals surface area contributed by atoms with Crippen molar-refractivity contribution in [3.8, 4) is 0 Å². The maximum atomic E-state index is 12.5. The molecule has 30 heavy (non-hydrogen) atoms. The molecule has 160 valence electrons. The van der Waals surface area contributed by atoms with Crippen molar-refractivity contribution in [1.29, 1.82) is 0 Å². The van der Waals surface area contributed by atoms with E-state index in [-0.39, 0.29) is 24.3 Å². The third kappa shape index (κ3) is 7.35. The van der Waals surface area contributed by atoms with Crippen molar-refractivity contribution in [2.45, 2.75) is 38.8 Å². The predicted molar refractivity (Wildman–Crippen MR) is 105 cm³/mol. The Balaban J connectivity index is 1.73. The van der Waals surface area contributed by atoms with Gasteiger partial charge >= 0.3 is 12.1 Å². The lowest BCUT2D eigenvalue weighted by molar-refractivity contribution is -0.147. The number of hydrogen-bond acceptors (Lipinski definition) is 4. The highest BCUT2D eigenvalue weighted by Crippen LogP contribution is 2.29. The van der Waals surface area contributed by atoms with Crippen molar-refractivity contribution >= 4 is 23.3 Å². The average Bonchev–Trinajstić information content (AvgIpc) is 2.71. The van der Waals surface area contributed by atoms with Crippen LogP contribution in [0.25, 0.3) is 0 Å². The molecule has 0 aliphatic rings. The lowest BCUT2D eigenvalue weighted by Gasteiger charge is -2.09. The molecule has 0 saturated heterocycles. The maximum absolute atomic E-state index is 12.5. The number of aryl methyl sites for hydroxylation is 1. The van der Waals surface area contributed by atoms with Crippen molar-refractivity contribution < 1.29 is 32.3 Å². The Morgan fingerprint density at radius 2 is 1.57 bits per heavy atom. The quantitative estimate of drug-likeness (QED) is 0.466. The van der Waals surface area contributed by atoms with Crippen LogP contribution in [-0.4, -0.2) is 24.3 Å². The van der Waals surface area contributed by atoms with E-state index in [4.69, 9.17) is 4.74 Å². The highest BCUT2D eigenvalue weighted by Gasteiger charge is 2.30. The van der Waals surface area contributed by atoms with Gasteiger partial charge in [0.05, 0.1) is 12.0 Å². The molecular weight excluding hydrogens is 399 g/mol. The topological polar surface area (TPSA) is 72.5 Å². The summed E-state index contributed by atoms with van der Waals surface area (Å²) in [6.07, 6.45) is -2.76. The van der Waals surface area contributed by atoms with Gasteiger partial charge in [0.25, 0.3) is 5.91 Å². The Morgan fingerprint density at radius 3 is 2.13 bits per heavy atom. The van der Waals surface area contributed by atoms with Crippen molar-refractivity contribution in [2.75, 3.05) is 11.9 Å². The van der Waals surface area contributed by atoms with Crippen LogP contribution in [0.1, 0.15) is 47.7 Å². The molecular formula is C22H22F3NO4. The molecule has 5 nitrogen and oxygen atoms in total. The van der Waals surface area contributed by atoms with Crippen LogP contribution in [-0.2, 0) is 26.9 Å². The summed E-state index contributed by atoms with van der Waals surface area (Å²) in [6, 6.07) is 11.1. The second-order valence-corrected chi connectivity index (χ2v) is 6.65. The fourth-order valence-electron chi connectivity index (χ4n) is 2.66. The number of ketones is 1. The minimum atomic E-state index is -4.47. The average molecular weight is 421 g/mol. The van der Waals surface area contributed by atoms with E-state index >= 15 is 0 Å². The number of carbonyl (C=O) groups excluding carboxylic acids is 3. The third-order valence-corrected chi connectivity index (χ3v) is 4.23. The number of Topliss-reactive ketones (excluding diaryl/α,β-unsaturated/α-hetero) is 1. The molecule has 0 heterocycles. The number of benzene rings is 2. The zero-order valence-electron chi connectivity index (χ0n) is 16.4. The molecule has 0 spiro atoms. The van der Waals surface area contributed by atoms with E-state index in [2.05, 4.69) is 12.2 Å². The van der Waals surface area contributed by atoms with Crippen LogP contribution in [0.15, 0.2) is 48.5 Å². The van der Waals surface area contributed by atoms with Gasteiger partial charge in [0.15, 0.2) is 12.4 Å². The first-order valence-electron chi connectivity index (χ1n) is 9.44. The van der Waals surface area contributed by atoms with E-state index in [0.29, 0.717) is 5.56 Å². The van der Waals surface area contributed by atoms with Crippen LogP contribution in [0.3, 0.4) is 0 Å². The molecule has 2 aromatic carbocycles. The van der Waals surface area contributed by atoms with Gasteiger partial charge in [-0.25, -0.2) is 0 Å². The number of anilines is 1. The van der Waals surface area contributed by atoms with Crippen LogP contribution in [0.4, 0.5) is 18.9 Å². The van der Waals surface area contributed by atoms with Gasteiger partial charge in [-0.2, -0.15) is 13.2 Å². The van der Waals surface area contributed by atoms with E-state index in [1.165, 1.54) is 0 Å². The summed E-state index contributed by atoms with van der Waals surface area (Å²) in [4.78, 5) is 35.6. The zero-order chi connectivity index (χ0) is 22.1. The molecule has 2 rings (SSSR count). The largest absolute Gasteiger partial charge is 0.456 e. The molecule has 0 aromatic heterocycles. The van der Waals surface area contributed by atoms with Crippen molar-refractivity contribution in [3.05, 3.63) is 65.2 Å². The molecule has 0 saturated carbocycles. The summed E-state index contributed by atoms with van der Waals surface area (Å²) in [5, 5.41) is 2.33. The highest BCUT2D eigenvalue weighted by molar-refractivity contribution is 5.98. The number of carbonyl (C=O) groups is 3. The summed E-state index contributed by atoms with van der Waals surface area (Å²) in [6.45, 7) is 1.47. The Labute approximate surface area is 172 Å². The van der Waals surface area contributed by atoms with Crippen molar-refractivity contribution in [2.24, 2.45) is 0 Å². The Kier molecular flexibility index (Phi) is 8.15. The van der Waals surface area contributed by atoms with Gasteiger partial charge in [-0.1, -0.05) is 37.6 Å². The van der Waals surface area contributed by atoms with Gasteiger partial charge in [0.1, 0.15) is 0 Å². The van der Waals surface area contributed by atoms with Gasteiger partial charge < -0.3 is 10.1 Å². The number of halogens is 3. The zero-order valence-corrected chi connectivity index (χ0v) is 16.4. The fourth-order valence-corrected chi connectivity index (χ4v) is 2.66. The molecule has 1 amide bonds. The normalized spacial score (nSPS) is 11.1. The minimum Gasteiger partial charge on any atom is -0.456 e. The van der Waals surface area contributed by atoms with Gasteiger partial charge in [0.2, 0.25) is 0 Å². The molecule has 0 radical (unpaired) electrons. The number of alkyl halides is 3. The summed E-state index contributed by atoms with van der Waals surface area (Å²) in [7, 11) is 0. The predicted octanol–water partition coefficient (Wildman–Crippen LogP) is 4.80. The lowest BCUT2D eigenvalue weighted by atomic mass is 10.0. The van der Waals surface area contributed by atoms with Gasteiger partial charge in [0, 0.05) is 17.7 Å². The lowest BCUT2D eigenvalue weighted by Crippen LogP contribution is -2.21. The van der Waals surface area contributed by atoms with E-state index < -0.39 is 30.2 Å². The van der Waals surface area contributed by atoms with Crippen LogP contribution >= 0.6 is 0 Å². The van der Waals surface area contributed by atoms with Crippen LogP contribution in [0.5, 0.6) is 0 Å². The maximum Gasteiger partial charge on any atom is 0.416 e. The fraction of sp³-hybridized carbons (Fsp3) is 0.318. The molecule has 0 aliphatic heterocycles. The Bertz CT molecular complexity index is 875. The van der Waals surface area contributed by atoms with Crippen molar-refractivity contribution in [3.63, 3.8) is 0 Å². The van der Waals surface area contributed by atoms with E-state index in [9.17, 15) is 27.6 Å². The number of ether oxygens (including phenoxy) is 1. The highest BCUT2D eigenvalue weighted by atomic mass is 19.4. The Morgan fingerprint density at radius 1 is 0.933 bits per heavy atom. The summed E-state index contributed by atoms with van der Waals surface area (Å²) < 4.78 is 42.3. The van der Waals surface area contributed by atoms with E-state index in [0.717, 1.165) is 42.7 Å². The number of nitrogens with one attached hydrogen (secondary N) is 1. The third-order valence-electron chi connectivity index (χ3n) is 4.23. The van der Waals surface area contributed by atoms with Crippen LogP contribution in [0, 0.1) is 0 Å².